The highest BCUT2D eigenvalue weighted by atomic mass is 32.1. The van der Waals surface area contributed by atoms with Crippen LogP contribution in [-0.4, -0.2) is 47.9 Å². The molecule has 6 heteroatoms. The number of likely N-dealkylation sites (tertiary alicyclic amines) is 1. The Morgan fingerprint density at radius 1 is 1.15 bits per heavy atom. The van der Waals surface area contributed by atoms with Crippen molar-refractivity contribution in [2.45, 2.75) is 56.7 Å². The first-order chi connectivity index (χ1) is 13.2. The third-order valence-corrected chi connectivity index (χ3v) is 7.29. The van der Waals surface area contributed by atoms with Gasteiger partial charge in [0, 0.05) is 52.2 Å². The van der Waals surface area contributed by atoms with Gasteiger partial charge in [-0.25, -0.2) is 0 Å². The van der Waals surface area contributed by atoms with Crippen LogP contribution in [0.3, 0.4) is 0 Å². The summed E-state index contributed by atoms with van der Waals surface area (Å²) in [6.07, 6.45) is 6.76. The number of nitrogens with one attached hydrogen (secondary N) is 2. The van der Waals surface area contributed by atoms with Crippen molar-refractivity contribution in [3.8, 4) is 0 Å². The van der Waals surface area contributed by atoms with Crippen LogP contribution in [0.15, 0.2) is 23.6 Å². The first-order valence-corrected chi connectivity index (χ1v) is 10.9. The molecule has 3 saturated heterocycles. The van der Waals surface area contributed by atoms with Crippen molar-refractivity contribution >= 4 is 33.2 Å². The van der Waals surface area contributed by atoms with Crippen LogP contribution in [-0.2, 0) is 0 Å². The molecule has 3 fully saturated rings. The van der Waals surface area contributed by atoms with Crippen molar-refractivity contribution in [2.24, 2.45) is 0 Å². The normalized spacial score (nSPS) is 27.3. The van der Waals surface area contributed by atoms with E-state index in [-0.39, 0.29) is 17.9 Å². The average molecular weight is 384 g/mol. The standard InChI is InChI=1S/C21H25N3O2S/c25-20(23-18-11-14-5-6-17(18)22-14)13-4-7-19-15(10-13)16(12-27-19)21(26)24-8-2-1-3-9-24/h4,7,10,12,14,17-18,22H,1-3,5-6,8-9,11H2,(H,23,25)/t14-,17+,18-/m1/s1. The Bertz CT molecular complexity index is 887. The quantitative estimate of drug-likeness (QED) is 0.856. The summed E-state index contributed by atoms with van der Waals surface area (Å²) in [5.74, 6) is 0.0784. The molecule has 3 aliphatic rings. The fourth-order valence-corrected chi connectivity index (χ4v) is 5.75. The summed E-state index contributed by atoms with van der Waals surface area (Å²) in [6.45, 7) is 1.68. The van der Waals surface area contributed by atoms with Gasteiger partial charge in [0.15, 0.2) is 0 Å². The second-order valence-corrected chi connectivity index (χ2v) is 8.99. The summed E-state index contributed by atoms with van der Waals surface area (Å²) in [5, 5.41) is 9.62. The SMILES string of the molecule is O=C(N[C@@H]1C[C@H]2CC[C@@H]1N2)c1ccc2scc(C(=O)N3CCCCC3)c2c1. The molecule has 0 unspecified atom stereocenters. The maximum Gasteiger partial charge on any atom is 0.255 e. The van der Waals surface area contributed by atoms with E-state index in [0.717, 1.165) is 54.4 Å². The number of thiophene rings is 1. The van der Waals surface area contributed by atoms with Crippen molar-refractivity contribution in [2.75, 3.05) is 13.1 Å². The minimum Gasteiger partial charge on any atom is -0.348 e. The van der Waals surface area contributed by atoms with E-state index in [0.29, 0.717) is 17.6 Å². The summed E-state index contributed by atoms with van der Waals surface area (Å²) in [4.78, 5) is 27.7. The van der Waals surface area contributed by atoms with Crippen molar-refractivity contribution < 1.29 is 9.59 Å². The van der Waals surface area contributed by atoms with E-state index in [2.05, 4.69) is 10.6 Å². The molecule has 0 radical (unpaired) electrons. The summed E-state index contributed by atoms with van der Waals surface area (Å²) in [6, 6.07) is 6.96. The number of piperidine rings is 1. The molecular weight excluding hydrogens is 358 g/mol. The van der Waals surface area contributed by atoms with Gasteiger partial charge in [-0.15, -0.1) is 11.3 Å². The zero-order chi connectivity index (χ0) is 18.4. The Balaban J connectivity index is 1.37. The van der Waals surface area contributed by atoms with Gasteiger partial charge in [0.25, 0.3) is 11.8 Å². The highest BCUT2D eigenvalue weighted by molar-refractivity contribution is 7.17. The molecule has 2 aromatic rings. The fourth-order valence-electron chi connectivity index (χ4n) is 4.84. The van der Waals surface area contributed by atoms with E-state index in [1.54, 1.807) is 11.3 Å². The summed E-state index contributed by atoms with van der Waals surface area (Å²) in [5.41, 5.74) is 1.39. The molecule has 0 aliphatic carbocycles. The maximum absolute atomic E-state index is 12.9. The van der Waals surface area contributed by atoms with Crippen LogP contribution in [0.25, 0.3) is 10.1 Å². The number of carbonyl (C=O) groups is 2. The monoisotopic (exact) mass is 383 g/mol. The van der Waals surface area contributed by atoms with Gasteiger partial charge < -0.3 is 15.5 Å². The number of hydrogen-bond donors (Lipinski definition) is 2. The minimum absolute atomic E-state index is 0.0289. The number of hydrogen-bond acceptors (Lipinski definition) is 4. The lowest BCUT2D eigenvalue weighted by atomic mass is 9.95. The molecule has 4 heterocycles. The zero-order valence-electron chi connectivity index (χ0n) is 15.4. The molecule has 3 aliphatic heterocycles. The highest BCUT2D eigenvalue weighted by Gasteiger charge is 2.39. The third kappa shape index (κ3) is 3.15. The van der Waals surface area contributed by atoms with Crippen LogP contribution >= 0.6 is 11.3 Å². The van der Waals surface area contributed by atoms with Crippen molar-refractivity contribution in [1.82, 2.24) is 15.5 Å². The Morgan fingerprint density at radius 3 is 2.74 bits per heavy atom. The Morgan fingerprint density at radius 2 is 2.00 bits per heavy atom. The summed E-state index contributed by atoms with van der Waals surface area (Å²) < 4.78 is 1.06. The van der Waals surface area contributed by atoms with Crippen molar-refractivity contribution in [3.63, 3.8) is 0 Å². The number of nitrogens with zero attached hydrogens (tertiary/aromatic N) is 1. The van der Waals surface area contributed by atoms with Crippen LogP contribution in [0, 0.1) is 0 Å². The van der Waals surface area contributed by atoms with Crippen LogP contribution < -0.4 is 10.6 Å². The van der Waals surface area contributed by atoms with Crippen LogP contribution in [0.4, 0.5) is 0 Å². The fraction of sp³-hybridized carbons (Fsp3) is 0.524. The molecule has 0 spiro atoms. The number of rotatable bonds is 3. The van der Waals surface area contributed by atoms with E-state index in [9.17, 15) is 9.59 Å². The number of amides is 2. The van der Waals surface area contributed by atoms with E-state index in [1.807, 2.05) is 28.5 Å². The highest BCUT2D eigenvalue weighted by Crippen LogP contribution is 2.30. The molecule has 2 bridgehead atoms. The lowest BCUT2D eigenvalue weighted by Gasteiger charge is -2.26. The van der Waals surface area contributed by atoms with Crippen molar-refractivity contribution in [3.05, 3.63) is 34.7 Å². The topological polar surface area (TPSA) is 61.4 Å². The predicted molar refractivity (Wildman–Crippen MR) is 107 cm³/mol. The maximum atomic E-state index is 12.9. The molecule has 1 aromatic carbocycles. The zero-order valence-corrected chi connectivity index (χ0v) is 16.2. The van der Waals surface area contributed by atoms with Gasteiger partial charge >= 0.3 is 0 Å². The number of benzene rings is 1. The molecular formula is C21H25N3O2S. The molecule has 2 amide bonds. The van der Waals surface area contributed by atoms with Gasteiger partial charge in [-0.3, -0.25) is 9.59 Å². The van der Waals surface area contributed by atoms with E-state index < -0.39 is 0 Å². The Labute approximate surface area is 163 Å². The molecule has 0 saturated carbocycles. The second kappa shape index (κ2) is 6.91. The minimum atomic E-state index is -0.0289. The van der Waals surface area contributed by atoms with Gasteiger partial charge in [0.2, 0.25) is 0 Å². The molecule has 5 nitrogen and oxygen atoms in total. The molecule has 1 aromatic heterocycles. The number of fused-ring (bicyclic) bond motifs is 3. The lowest BCUT2D eigenvalue weighted by Crippen LogP contribution is -2.42. The van der Waals surface area contributed by atoms with Gasteiger partial charge in [-0.2, -0.15) is 0 Å². The lowest BCUT2D eigenvalue weighted by molar-refractivity contribution is 0.0726. The second-order valence-electron chi connectivity index (χ2n) is 8.08. The van der Waals surface area contributed by atoms with Gasteiger partial charge in [-0.05, 0) is 56.7 Å². The average Bonchev–Trinajstić information content (AvgIpc) is 3.43. The van der Waals surface area contributed by atoms with E-state index >= 15 is 0 Å². The van der Waals surface area contributed by atoms with Crippen molar-refractivity contribution in [1.29, 1.82) is 0 Å². The smallest absolute Gasteiger partial charge is 0.255 e. The van der Waals surface area contributed by atoms with Gasteiger partial charge in [-0.1, -0.05) is 0 Å². The molecule has 142 valence electrons. The Kier molecular flexibility index (Phi) is 4.40. The van der Waals surface area contributed by atoms with Crippen LogP contribution in [0.1, 0.15) is 59.2 Å². The predicted octanol–water partition coefficient (Wildman–Crippen LogP) is 3.15. The molecule has 5 rings (SSSR count). The van der Waals surface area contributed by atoms with Gasteiger partial charge in [0.1, 0.15) is 0 Å². The number of carbonyl (C=O) groups excluding carboxylic acids is 2. The van der Waals surface area contributed by atoms with Gasteiger partial charge in [0.05, 0.1) is 5.56 Å². The molecule has 2 N–H and O–H groups in total. The van der Waals surface area contributed by atoms with Crippen LogP contribution in [0.2, 0.25) is 0 Å². The Hall–Kier alpha value is -1.92. The van der Waals surface area contributed by atoms with E-state index in [4.69, 9.17) is 0 Å². The van der Waals surface area contributed by atoms with Crippen LogP contribution in [0.5, 0.6) is 0 Å². The largest absolute Gasteiger partial charge is 0.348 e. The molecule has 3 atom stereocenters. The first kappa shape index (κ1) is 17.2. The summed E-state index contributed by atoms with van der Waals surface area (Å²) >= 11 is 1.58. The first-order valence-electron chi connectivity index (χ1n) is 10.1. The summed E-state index contributed by atoms with van der Waals surface area (Å²) in [7, 11) is 0. The third-order valence-electron chi connectivity index (χ3n) is 6.33. The van der Waals surface area contributed by atoms with E-state index in [1.165, 1.54) is 12.8 Å². The molecule has 27 heavy (non-hydrogen) atoms.